The van der Waals surface area contributed by atoms with Gasteiger partial charge >= 0.3 is 12.1 Å². The Hall–Kier alpha value is -3.68. The lowest BCUT2D eigenvalue weighted by molar-refractivity contribution is -0.140. The van der Waals surface area contributed by atoms with Gasteiger partial charge in [-0.05, 0) is 61.4 Å². The minimum absolute atomic E-state index is 0.209. The van der Waals surface area contributed by atoms with Gasteiger partial charge in [-0.3, -0.25) is 10.1 Å². The molecule has 4 rings (SSSR count). The number of hydrogen-bond donors (Lipinski definition) is 2. The van der Waals surface area contributed by atoms with Gasteiger partial charge in [0.15, 0.2) is 5.82 Å². The highest BCUT2D eigenvalue weighted by Crippen LogP contribution is 2.48. The lowest BCUT2D eigenvalue weighted by Gasteiger charge is -2.17. The van der Waals surface area contributed by atoms with Crippen molar-refractivity contribution in [3.8, 4) is 16.8 Å². The summed E-state index contributed by atoms with van der Waals surface area (Å²) in [5.74, 6) is -0.0911. The molecule has 2 aromatic carbocycles. The van der Waals surface area contributed by atoms with Crippen molar-refractivity contribution < 1.29 is 19.4 Å². The quantitative estimate of drug-likeness (QED) is 0.530. The van der Waals surface area contributed by atoms with Crippen LogP contribution >= 0.6 is 0 Å². The van der Waals surface area contributed by atoms with E-state index >= 15 is 0 Å². The molecule has 1 atom stereocenters. The number of aliphatic carboxylic acids is 1. The normalized spacial score (nSPS) is 15.2. The third-order valence-corrected chi connectivity index (χ3v) is 6.33. The first-order chi connectivity index (χ1) is 15.7. The van der Waals surface area contributed by atoms with Crippen LogP contribution in [0.3, 0.4) is 0 Å². The Labute approximate surface area is 192 Å². The fourth-order valence-electron chi connectivity index (χ4n) is 3.64. The number of carbonyl (C=O) groups is 2. The molecular formula is C25H28N4O4. The van der Waals surface area contributed by atoms with E-state index in [2.05, 4.69) is 15.6 Å². The van der Waals surface area contributed by atoms with E-state index < -0.39 is 17.5 Å². The molecule has 0 bridgehead atoms. The molecule has 1 aliphatic rings. The Kier molecular flexibility index (Phi) is 5.93. The summed E-state index contributed by atoms with van der Waals surface area (Å²) in [6.07, 6.45) is 0.613. The molecule has 2 N–H and O–H groups in total. The number of nitrogens with one attached hydrogen (secondary N) is 1. The molecule has 1 aliphatic carbocycles. The van der Waals surface area contributed by atoms with Gasteiger partial charge in [0, 0.05) is 0 Å². The number of carbonyl (C=O) groups excluding carboxylic acids is 1. The average Bonchev–Trinajstić information content (AvgIpc) is 3.54. The maximum absolute atomic E-state index is 12.3. The topological polar surface area (TPSA) is 106 Å². The molecule has 0 radical (unpaired) electrons. The molecule has 0 aliphatic heterocycles. The van der Waals surface area contributed by atoms with E-state index in [9.17, 15) is 14.7 Å². The number of rotatable bonds is 7. The predicted octanol–water partition coefficient (Wildman–Crippen LogP) is 4.95. The van der Waals surface area contributed by atoms with E-state index in [1.165, 1.54) is 0 Å². The second-order valence-corrected chi connectivity index (χ2v) is 8.93. The standard InChI is InChI=1S/C25H28N4O4/c1-15(2)17(4)33-24(32)26-22-16(3)27-28-29(22)21-11-7-19(8-12-21)18-5-9-20(10-6-18)25(13-14-25)23(30)31/h5-12,15,17H,13-14H2,1-4H3,(H,26,32)(H,30,31). The molecule has 1 unspecified atom stereocenters. The first kappa shape index (κ1) is 22.5. The monoisotopic (exact) mass is 448 g/mol. The van der Waals surface area contributed by atoms with Crippen molar-refractivity contribution in [1.82, 2.24) is 15.0 Å². The van der Waals surface area contributed by atoms with Gasteiger partial charge in [-0.15, -0.1) is 5.10 Å². The molecule has 1 aromatic heterocycles. The van der Waals surface area contributed by atoms with Crippen molar-refractivity contribution in [2.24, 2.45) is 5.92 Å². The summed E-state index contributed by atoms with van der Waals surface area (Å²) < 4.78 is 6.97. The van der Waals surface area contributed by atoms with Crippen LogP contribution in [0.5, 0.6) is 0 Å². The zero-order chi connectivity index (χ0) is 23.8. The van der Waals surface area contributed by atoms with Gasteiger partial charge in [0.1, 0.15) is 11.8 Å². The van der Waals surface area contributed by atoms with Gasteiger partial charge in [-0.1, -0.05) is 55.5 Å². The van der Waals surface area contributed by atoms with Gasteiger partial charge in [0.05, 0.1) is 11.1 Å². The summed E-state index contributed by atoms with van der Waals surface area (Å²) in [6.45, 7) is 7.59. The van der Waals surface area contributed by atoms with E-state index in [1.807, 2.05) is 69.3 Å². The largest absolute Gasteiger partial charge is 0.481 e. The molecule has 172 valence electrons. The van der Waals surface area contributed by atoms with Crippen LogP contribution in [-0.4, -0.2) is 38.3 Å². The van der Waals surface area contributed by atoms with Crippen molar-refractivity contribution in [3.05, 3.63) is 59.8 Å². The number of carboxylic acids is 1. The number of benzene rings is 2. The molecular weight excluding hydrogens is 420 g/mol. The molecule has 0 spiro atoms. The highest BCUT2D eigenvalue weighted by atomic mass is 16.6. The summed E-state index contributed by atoms with van der Waals surface area (Å²) in [5, 5.41) is 20.5. The van der Waals surface area contributed by atoms with Gasteiger partial charge in [-0.25, -0.2) is 4.79 Å². The lowest BCUT2D eigenvalue weighted by atomic mass is 9.94. The number of ether oxygens (including phenoxy) is 1. The van der Waals surface area contributed by atoms with Gasteiger partial charge in [-0.2, -0.15) is 4.68 Å². The Balaban J connectivity index is 1.51. The molecule has 3 aromatic rings. The van der Waals surface area contributed by atoms with Crippen LogP contribution in [0, 0.1) is 12.8 Å². The Morgan fingerprint density at radius 3 is 2.12 bits per heavy atom. The minimum atomic E-state index is -0.755. The van der Waals surface area contributed by atoms with E-state index in [0.29, 0.717) is 24.4 Å². The maximum Gasteiger partial charge on any atom is 0.413 e. The predicted molar refractivity (Wildman–Crippen MR) is 124 cm³/mol. The van der Waals surface area contributed by atoms with Gasteiger partial charge < -0.3 is 9.84 Å². The zero-order valence-corrected chi connectivity index (χ0v) is 19.2. The first-order valence-corrected chi connectivity index (χ1v) is 11.1. The van der Waals surface area contributed by atoms with Crippen LogP contribution in [0.25, 0.3) is 16.8 Å². The average molecular weight is 449 g/mol. The maximum atomic E-state index is 12.3. The molecule has 1 heterocycles. The number of amides is 1. The molecule has 33 heavy (non-hydrogen) atoms. The lowest BCUT2D eigenvalue weighted by Crippen LogP contribution is -2.25. The third-order valence-electron chi connectivity index (χ3n) is 6.33. The van der Waals surface area contributed by atoms with Crippen molar-refractivity contribution in [1.29, 1.82) is 0 Å². The fraction of sp³-hybridized carbons (Fsp3) is 0.360. The van der Waals surface area contributed by atoms with Crippen LogP contribution < -0.4 is 5.32 Å². The molecule has 8 heteroatoms. The molecule has 1 saturated carbocycles. The highest BCUT2D eigenvalue weighted by Gasteiger charge is 2.51. The zero-order valence-electron chi connectivity index (χ0n) is 19.2. The summed E-state index contributed by atoms with van der Waals surface area (Å²) >= 11 is 0. The Bertz CT molecular complexity index is 1160. The van der Waals surface area contributed by atoms with E-state index in [0.717, 1.165) is 22.4 Å². The Morgan fingerprint density at radius 2 is 1.61 bits per heavy atom. The number of aromatic nitrogens is 3. The van der Waals surface area contributed by atoms with Crippen LogP contribution in [0.1, 0.15) is 44.9 Å². The molecule has 1 amide bonds. The highest BCUT2D eigenvalue weighted by molar-refractivity contribution is 5.85. The number of aryl methyl sites for hydroxylation is 1. The number of anilines is 1. The second-order valence-electron chi connectivity index (χ2n) is 8.93. The van der Waals surface area contributed by atoms with Crippen molar-refractivity contribution in [2.45, 2.75) is 52.1 Å². The first-order valence-electron chi connectivity index (χ1n) is 11.1. The van der Waals surface area contributed by atoms with Crippen LogP contribution in [0.15, 0.2) is 48.5 Å². The number of nitrogens with zero attached hydrogens (tertiary/aromatic N) is 3. The SMILES string of the molecule is Cc1nnn(-c2ccc(-c3ccc(C4(C(=O)O)CC4)cc3)cc2)c1NC(=O)OC(C)C(C)C. The van der Waals surface area contributed by atoms with Gasteiger partial charge in [0.2, 0.25) is 0 Å². The van der Waals surface area contributed by atoms with E-state index in [4.69, 9.17) is 4.74 Å². The number of carboxylic acid groups (broad SMARTS) is 1. The summed E-state index contributed by atoms with van der Waals surface area (Å²) in [6, 6.07) is 15.4. The van der Waals surface area contributed by atoms with Crippen molar-refractivity contribution in [2.75, 3.05) is 5.32 Å². The molecule has 1 fully saturated rings. The van der Waals surface area contributed by atoms with Crippen LogP contribution in [0.2, 0.25) is 0 Å². The van der Waals surface area contributed by atoms with Crippen molar-refractivity contribution >= 4 is 17.9 Å². The Morgan fingerprint density at radius 1 is 1.03 bits per heavy atom. The molecule has 8 nitrogen and oxygen atoms in total. The van der Waals surface area contributed by atoms with E-state index in [-0.39, 0.29) is 12.0 Å². The third kappa shape index (κ3) is 4.46. The summed E-state index contributed by atoms with van der Waals surface area (Å²) in [7, 11) is 0. The van der Waals surface area contributed by atoms with Gasteiger partial charge in [0.25, 0.3) is 0 Å². The fourth-order valence-corrected chi connectivity index (χ4v) is 3.64. The second kappa shape index (κ2) is 8.69. The summed E-state index contributed by atoms with van der Waals surface area (Å²) in [5.41, 5.74) is 3.45. The minimum Gasteiger partial charge on any atom is -0.481 e. The van der Waals surface area contributed by atoms with Crippen molar-refractivity contribution in [3.63, 3.8) is 0 Å². The van der Waals surface area contributed by atoms with Crippen LogP contribution in [0.4, 0.5) is 10.6 Å². The van der Waals surface area contributed by atoms with Crippen LogP contribution in [-0.2, 0) is 14.9 Å². The summed E-state index contributed by atoms with van der Waals surface area (Å²) in [4.78, 5) is 23.8. The van der Waals surface area contributed by atoms with E-state index in [1.54, 1.807) is 11.6 Å². The molecule has 0 saturated heterocycles. The number of hydrogen-bond acceptors (Lipinski definition) is 5. The smallest absolute Gasteiger partial charge is 0.413 e.